The molecule has 9 heteroatoms. The Morgan fingerprint density at radius 3 is 1.84 bits per heavy atom. The number of benzene rings is 3. The summed E-state index contributed by atoms with van der Waals surface area (Å²) < 4.78 is 16.6. The molecule has 3 aromatic rings. The Bertz CT molecular complexity index is 1070. The largest absolute Gasteiger partial charge is 0.493 e. The van der Waals surface area contributed by atoms with Gasteiger partial charge in [0, 0.05) is 32.7 Å². The number of methoxy groups -OCH3 is 2. The molecule has 206 valence electrons. The minimum absolute atomic E-state index is 0. The van der Waals surface area contributed by atoms with Crippen molar-refractivity contribution in [1.82, 2.24) is 9.80 Å². The van der Waals surface area contributed by atoms with Crippen molar-refractivity contribution in [2.45, 2.75) is 12.1 Å². The molecule has 0 aromatic heterocycles. The maximum Gasteiger partial charge on any atom is 0.329 e. The van der Waals surface area contributed by atoms with Crippen LogP contribution >= 0.6 is 24.8 Å². The number of halogens is 2. The molecule has 1 saturated heterocycles. The molecular formula is C29H36Cl2N2O5. The highest BCUT2D eigenvalue weighted by Gasteiger charge is 2.28. The summed E-state index contributed by atoms with van der Waals surface area (Å²) in [5.41, 5.74) is 3.43. The predicted octanol–water partition coefficient (Wildman–Crippen LogP) is 5.10. The molecule has 0 radical (unpaired) electrons. The number of carboxylic acid groups (broad SMARTS) is 1. The smallest absolute Gasteiger partial charge is 0.329 e. The third-order valence-corrected chi connectivity index (χ3v) is 6.61. The number of hydrogen-bond donors (Lipinski definition) is 1. The molecule has 1 heterocycles. The Labute approximate surface area is 237 Å². The molecule has 1 unspecified atom stereocenters. The lowest BCUT2D eigenvalue weighted by Gasteiger charge is -2.40. The van der Waals surface area contributed by atoms with Crippen molar-refractivity contribution in [2.24, 2.45) is 0 Å². The van der Waals surface area contributed by atoms with Crippen molar-refractivity contribution in [3.8, 4) is 11.5 Å². The Morgan fingerprint density at radius 2 is 1.34 bits per heavy atom. The summed E-state index contributed by atoms with van der Waals surface area (Å²) in [5, 5.41) is 9.22. The van der Waals surface area contributed by atoms with Gasteiger partial charge in [-0.15, -0.1) is 24.8 Å². The van der Waals surface area contributed by atoms with Gasteiger partial charge < -0.3 is 19.3 Å². The molecule has 1 aliphatic rings. The molecule has 0 spiro atoms. The van der Waals surface area contributed by atoms with Crippen LogP contribution in [0, 0.1) is 0 Å². The van der Waals surface area contributed by atoms with Gasteiger partial charge in [0.15, 0.2) is 11.5 Å². The highest BCUT2D eigenvalue weighted by molar-refractivity contribution is 5.85. The number of ether oxygens (including phenoxy) is 3. The SMILES string of the molecule is COc1ccc(C(CN2CCN(C(c3ccccc3)c3ccccc3)CC2)OCC(=O)O)cc1OC.Cl.Cl. The lowest BCUT2D eigenvalue weighted by Crippen LogP contribution is -2.49. The fraction of sp³-hybridized carbons (Fsp3) is 0.345. The van der Waals surface area contributed by atoms with Gasteiger partial charge in [0.25, 0.3) is 0 Å². The summed E-state index contributed by atoms with van der Waals surface area (Å²) in [4.78, 5) is 16.1. The molecule has 1 aliphatic heterocycles. The first-order chi connectivity index (χ1) is 17.6. The van der Waals surface area contributed by atoms with E-state index in [0.29, 0.717) is 18.0 Å². The van der Waals surface area contributed by atoms with Crippen LogP contribution < -0.4 is 9.47 Å². The minimum atomic E-state index is -0.987. The van der Waals surface area contributed by atoms with Crippen LogP contribution in [-0.4, -0.2) is 74.4 Å². The number of nitrogens with zero attached hydrogens (tertiary/aromatic N) is 2. The Morgan fingerprint density at radius 1 is 0.789 bits per heavy atom. The van der Waals surface area contributed by atoms with E-state index in [-0.39, 0.29) is 37.5 Å². The highest BCUT2D eigenvalue weighted by atomic mass is 35.5. The van der Waals surface area contributed by atoms with Crippen LogP contribution in [0.4, 0.5) is 0 Å². The Balaban J connectivity index is 0.00000253. The summed E-state index contributed by atoms with van der Waals surface area (Å²) >= 11 is 0. The van der Waals surface area contributed by atoms with Crippen molar-refractivity contribution < 1.29 is 24.1 Å². The average molecular weight is 564 g/mol. The van der Waals surface area contributed by atoms with Crippen LogP contribution in [0.5, 0.6) is 11.5 Å². The van der Waals surface area contributed by atoms with E-state index in [1.807, 2.05) is 18.2 Å². The normalized spacial score (nSPS) is 14.7. The van der Waals surface area contributed by atoms with Gasteiger partial charge in [0.05, 0.1) is 26.4 Å². The van der Waals surface area contributed by atoms with E-state index in [0.717, 1.165) is 31.7 Å². The number of carboxylic acids is 1. The van der Waals surface area contributed by atoms with Crippen molar-refractivity contribution in [3.05, 3.63) is 95.6 Å². The second-order valence-electron chi connectivity index (χ2n) is 8.87. The second kappa shape index (κ2) is 15.6. The van der Waals surface area contributed by atoms with E-state index in [2.05, 4.69) is 70.5 Å². The van der Waals surface area contributed by atoms with Crippen molar-refractivity contribution >= 4 is 30.8 Å². The number of aliphatic carboxylic acids is 1. The van der Waals surface area contributed by atoms with Gasteiger partial charge in [0.1, 0.15) is 6.61 Å². The van der Waals surface area contributed by atoms with Crippen molar-refractivity contribution in [3.63, 3.8) is 0 Å². The van der Waals surface area contributed by atoms with Crippen LogP contribution in [0.1, 0.15) is 28.8 Å². The highest BCUT2D eigenvalue weighted by Crippen LogP contribution is 2.33. The molecule has 1 fully saturated rings. The Kier molecular flexibility index (Phi) is 12.9. The number of rotatable bonds is 11. The van der Waals surface area contributed by atoms with Crippen LogP contribution in [0.15, 0.2) is 78.9 Å². The van der Waals surface area contributed by atoms with Crippen molar-refractivity contribution in [1.29, 1.82) is 0 Å². The quantitative estimate of drug-likeness (QED) is 0.348. The molecule has 3 aromatic carbocycles. The molecule has 0 amide bonds. The van der Waals surface area contributed by atoms with E-state index < -0.39 is 12.1 Å². The summed E-state index contributed by atoms with van der Waals surface area (Å²) in [5.74, 6) is 0.232. The first kappa shape index (κ1) is 31.4. The van der Waals surface area contributed by atoms with Gasteiger partial charge in [-0.2, -0.15) is 0 Å². The van der Waals surface area contributed by atoms with E-state index in [1.54, 1.807) is 14.2 Å². The lowest BCUT2D eigenvalue weighted by molar-refractivity contribution is -0.145. The Hall–Kier alpha value is -2.81. The zero-order chi connectivity index (χ0) is 25.3. The number of carbonyl (C=O) groups is 1. The maximum absolute atomic E-state index is 11.2. The first-order valence-corrected chi connectivity index (χ1v) is 12.2. The van der Waals surface area contributed by atoms with Crippen LogP contribution in [0.25, 0.3) is 0 Å². The summed E-state index contributed by atoms with van der Waals surface area (Å²) in [7, 11) is 3.18. The second-order valence-corrected chi connectivity index (χ2v) is 8.87. The van der Waals surface area contributed by atoms with Gasteiger partial charge in [-0.1, -0.05) is 66.7 Å². The van der Waals surface area contributed by atoms with Gasteiger partial charge in [0.2, 0.25) is 0 Å². The molecule has 7 nitrogen and oxygen atoms in total. The van der Waals surface area contributed by atoms with E-state index >= 15 is 0 Å². The van der Waals surface area contributed by atoms with E-state index in [4.69, 9.17) is 14.2 Å². The summed E-state index contributed by atoms with van der Waals surface area (Å²) in [6, 6.07) is 27.0. The zero-order valence-electron chi connectivity index (χ0n) is 21.7. The topological polar surface area (TPSA) is 71.5 Å². The minimum Gasteiger partial charge on any atom is -0.493 e. The summed E-state index contributed by atoms with van der Waals surface area (Å²) in [6.45, 7) is 3.74. The lowest BCUT2D eigenvalue weighted by atomic mass is 9.96. The third-order valence-electron chi connectivity index (χ3n) is 6.61. The molecule has 0 bridgehead atoms. The van der Waals surface area contributed by atoms with Crippen LogP contribution in [0.2, 0.25) is 0 Å². The number of hydrogen-bond acceptors (Lipinski definition) is 6. The standard InChI is InChI=1S/C29H34N2O5.2ClH/c1-34-25-14-13-24(19-26(25)35-2)27(36-21-28(32)33)20-30-15-17-31(18-16-30)29(22-9-5-3-6-10-22)23-11-7-4-8-12-23;;/h3-14,19,27,29H,15-18,20-21H2,1-2H3,(H,32,33);2*1H. The molecule has 0 saturated carbocycles. The van der Waals surface area contributed by atoms with Gasteiger partial charge in [-0.25, -0.2) is 4.79 Å². The first-order valence-electron chi connectivity index (χ1n) is 12.2. The third kappa shape index (κ3) is 8.09. The van der Waals surface area contributed by atoms with Crippen LogP contribution in [0.3, 0.4) is 0 Å². The molecular weight excluding hydrogens is 527 g/mol. The molecule has 38 heavy (non-hydrogen) atoms. The fourth-order valence-electron chi connectivity index (χ4n) is 4.80. The molecule has 0 aliphatic carbocycles. The predicted molar refractivity (Wildman–Crippen MR) is 153 cm³/mol. The van der Waals surface area contributed by atoms with E-state index in [1.165, 1.54) is 11.1 Å². The van der Waals surface area contributed by atoms with Gasteiger partial charge >= 0.3 is 5.97 Å². The maximum atomic E-state index is 11.2. The van der Waals surface area contributed by atoms with Gasteiger partial charge in [-0.3, -0.25) is 9.80 Å². The summed E-state index contributed by atoms with van der Waals surface area (Å²) in [6.07, 6.45) is -0.397. The zero-order valence-corrected chi connectivity index (χ0v) is 23.3. The van der Waals surface area contributed by atoms with Crippen LogP contribution in [-0.2, 0) is 9.53 Å². The molecule has 4 rings (SSSR count). The fourth-order valence-corrected chi connectivity index (χ4v) is 4.80. The average Bonchev–Trinajstić information content (AvgIpc) is 2.92. The molecule has 1 N–H and O–H groups in total. The van der Waals surface area contributed by atoms with Crippen molar-refractivity contribution in [2.75, 3.05) is 53.6 Å². The van der Waals surface area contributed by atoms with Gasteiger partial charge in [-0.05, 0) is 28.8 Å². The monoisotopic (exact) mass is 562 g/mol. The molecule has 1 atom stereocenters. The number of piperazine rings is 1. The van der Waals surface area contributed by atoms with E-state index in [9.17, 15) is 9.90 Å².